The summed E-state index contributed by atoms with van der Waals surface area (Å²) in [4.78, 5) is 13.7. The minimum absolute atomic E-state index is 0.0430. The van der Waals surface area contributed by atoms with Crippen molar-refractivity contribution in [2.45, 2.75) is 26.7 Å². The Bertz CT molecular complexity index is 424. The smallest absolute Gasteiger partial charge is 0.321 e. The molecule has 0 aromatic heterocycles. The Morgan fingerprint density at radius 2 is 2.16 bits per heavy atom. The van der Waals surface area contributed by atoms with Gasteiger partial charge in [0, 0.05) is 13.1 Å². The first kappa shape index (κ1) is 15.8. The van der Waals surface area contributed by atoms with E-state index >= 15 is 0 Å². The summed E-state index contributed by atoms with van der Waals surface area (Å²) >= 11 is 6.14. The molecule has 5 heteroatoms. The topological polar surface area (TPSA) is 52.6 Å². The number of rotatable bonds is 6. The molecule has 0 spiro atoms. The van der Waals surface area contributed by atoms with Gasteiger partial charge in [-0.3, -0.25) is 0 Å². The van der Waals surface area contributed by atoms with Crippen molar-refractivity contribution >= 4 is 23.3 Å². The molecule has 0 unspecified atom stereocenters. The van der Waals surface area contributed by atoms with Gasteiger partial charge in [0.25, 0.3) is 0 Å². The minimum Gasteiger partial charge on any atom is -0.395 e. The second kappa shape index (κ2) is 8.02. The highest BCUT2D eigenvalue weighted by Crippen LogP contribution is 2.25. The molecule has 0 fully saturated rings. The Morgan fingerprint density at radius 1 is 1.42 bits per heavy atom. The molecule has 4 nitrogen and oxygen atoms in total. The monoisotopic (exact) mass is 284 g/mol. The van der Waals surface area contributed by atoms with Gasteiger partial charge < -0.3 is 15.3 Å². The number of unbranched alkanes of at least 4 members (excludes halogenated alkanes) is 1. The number of hydrogen-bond donors (Lipinski definition) is 2. The van der Waals surface area contributed by atoms with Crippen LogP contribution in [0.15, 0.2) is 18.2 Å². The molecular formula is C14H21ClN2O2. The lowest BCUT2D eigenvalue weighted by Crippen LogP contribution is -2.37. The number of aliphatic hydroxyl groups excluding tert-OH is 1. The third kappa shape index (κ3) is 4.73. The van der Waals surface area contributed by atoms with E-state index in [1.807, 2.05) is 19.1 Å². The van der Waals surface area contributed by atoms with E-state index in [1.54, 1.807) is 11.0 Å². The molecule has 0 saturated heterocycles. The zero-order valence-corrected chi connectivity index (χ0v) is 12.2. The number of benzene rings is 1. The van der Waals surface area contributed by atoms with Crippen molar-refractivity contribution in [3.63, 3.8) is 0 Å². The lowest BCUT2D eigenvalue weighted by molar-refractivity contribution is 0.187. The highest BCUT2D eigenvalue weighted by Gasteiger charge is 2.14. The van der Waals surface area contributed by atoms with Crippen LogP contribution in [0.25, 0.3) is 0 Å². The van der Waals surface area contributed by atoms with Gasteiger partial charge in [-0.2, -0.15) is 0 Å². The second-order valence-corrected chi connectivity index (χ2v) is 4.81. The standard InChI is InChI=1S/C14H21ClN2O2/c1-3-4-8-17(9-10-18)14(19)16-12-7-5-6-11(2)13(12)15/h5-7,18H,3-4,8-10H2,1-2H3,(H,16,19). The molecule has 1 aromatic rings. The Morgan fingerprint density at radius 3 is 2.79 bits per heavy atom. The van der Waals surface area contributed by atoms with Gasteiger partial charge in [-0.15, -0.1) is 0 Å². The predicted molar refractivity (Wildman–Crippen MR) is 78.8 cm³/mol. The molecule has 19 heavy (non-hydrogen) atoms. The largest absolute Gasteiger partial charge is 0.395 e. The molecule has 2 N–H and O–H groups in total. The third-order valence-electron chi connectivity index (χ3n) is 2.87. The summed E-state index contributed by atoms with van der Waals surface area (Å²) in [6.07, 6.45) is 1.91. The normalized spacial score (nSPS) is 10.3. The van der Waals surface area contributed by atoms with Crippen molar-refractivity contribution in [2.75, 3.05) is 25.0 Å². The third-order valence-corrected chi connectivity index (χ3v) is 3.37. The summed E-state index contributed by atoms with van der Waals surface area (Å²) in [6, 6.07) is 5.28. The van der Waals surface area contributed by atoms with Gasteiger partial charge in [0.1, 0.15) is 0 Å². The average Bonchev–Trinajstić information content (AvgIpc) is 2.39. The summed E-state index contributed by atoms with van der Waals surface area (Å²) in [7, 11) is 0. The van der Waals surface area contributed by atoms with Gasteiger partial charge in [-0.1, -0.05) is 37.1 Å². The van der Waals surface area contributed by atoms with Gasteiger partial charge in [0.15, 0.2) is 0 Å². The molecule has 0 bridgehead atoms. The molecule has 0 aliphatic heterocycles. The predicted octanol–water partition coefficient (Wildman–Crippen LogP) is 3.27. The maximum Gasteiger partial charge on any atom is 0.321 e. The van der Waals surface area contributed by atoms with Crippen molar-refractivity contribution in [3.8, 4) is 0 Å². The van der Waals surface area contributed by atoms with Crippen LogP contribution in [0.3, 0.4) is 0 Å². The van der Waals surface area contributed by atoms with E-state index in [2.05, 4.69) is 12.2 Å². The highest BCUT2D eigenvalue weighted by atomic mass is 35.5. The molecule has 1 rings (SSSR count). The molecule has 0 heterocycles. The summed E-state index contributed by atoms with van der Waals surface area (Å²) in [5.74, 6) is 0. The zero-order chi connectivity index (χ0) is 14.3. The van der Waals surface area contributed by atoms with Crippen LogP contribution in [0.1, 0.15) is 25.3 Å². The van der Waals surface area contributed by atoms with E-state index in [1.165, 1.54) is 0 Å². The first-order chi connectivity index (χ1) is 9.10. The van der Waals surface area contributed by atoms with Gasteiger partial charge in [0.2, 0.25) is 0 Å². The average molecular weight is 285 g/mol. The van der Waals surface area contributed by atoms with Crippen LogP contribution in [0.5, 0.6) is 0 Å². The number of aryl methyl sites for hydroxylation is 1. The van der Waals surface area contributed by atoms with E-state index in [-0.39, 0.29) is 12.6 Å². The molecule has 0 atom stereocenters. The number of amides is 2. The van der Waals surface area contributed by atoms with E-state index < -0.39 is 0 Å². The maximum absolute atomic E-state index is 12.1. The van der Waals surface area contributed by atoms with Gasteiger partial charge >= 0.3 is 6.03 Å². The number of anilines is 1. The molecule has 0 aliphatic rings. The van der Waals surface area contributed by atoms with E-state index in [9.17, 15) is 4.79 Å². The molecule has 106 valence electrons. The van der Waals surface area contributed by atoms with Gasteiger partial charge in [0.05, 0.1) is 17.3 Å². The van der Waals surface area contributed by atoms with Gasteiger partial charge in [-0.05, 0) is 25.0 Å². The van der Waals surface area contributed by atoms with Crippen LogP contribution in [0.2, 0.25) is 5.02 Å². The maximum atomic E-state index is 12.1. The fourth-order valence-electron chi connectivity index (χ4n) is 1.72. The zero-order valence-electron chi connectivity index (χ0n) is 11.4. The molecule has 0 aliphatic carbocycles. The Hall–Kier alpha value is -1.26. The van der Waals surface area contributed by atoms with Crippen LogP contribution in [-0.4, -0.2) is 35.7 Å². The number of aliphatic hydroxyl groups is 1. The lowest BCUT2D eigenvalue weighted by Gasteiger charge is -2.22. The molecule has 2 amide bonds. The number of carbonyl (C=O) groups excluding carboxylic acids is 1. The summed E-state index contributed by atoms with van der Waals surface area (Å²) in [5, 5.41) is 12.3. The Kier molecular flexibility index (Phi) is 6.67. The van der Waals surface area contributed by atoms with Gasteiger partial charge in [-0.25, -0.2) is 4.79 Å². The molecular weight excluding hydrogens is 264 g/mol. The Labute approximate surface area is 119 Å². The summed E-state index contributed by atoms with van der Waals surface area (Å²) in [5.41, 5.74) is 1.52. The highest BCUT2D eigenvalue weighted by molar-refractivity contribution is 6.34. The van der Waals surface area contributed by atoms with Crippen molar-refractivity contribution < 1.29 is 9.90 Å². The first-order valence-electron chi connectivity index (χ1n) is 6.52. The van der Waals surface area contributed by atoms with Crippen LogP contribution in [0.4, 0.5) is 10.5 Å². The number of halogens is 1. The number of nitrogens with one attached hydrogen (secondary N) is 1. The molecule has 1 aromatic carbocycles. The molecule has 0 radical (unpaired) electrons. The van der Waals surface area contributed by atoms with Crippen molar-refractivity contribution in [1.29, 1.82) is 0 Å². The molecule has 0 saturated carbocycles. The van der Waals surface area contributed by atoms with Crippen LogP contribution < -0.4 is 5.32 Å². The van der Waals surface area contributed by atoms with Crippen molar-refractivity contribution in [3.05, 3.63) is 28.8 Å². The Balaban J connectivity index is 2.72. The van der Waals surface area contributed by atoms with Crippen LogP contribution in [-0.2, 0) is 0 Å². The lowest BCUT2D eigenvalue weighted by atomic mass is 10.2. The first-order valence-corrected chi connectivity index (χ1v) is 6.89. The van der Waals surface area contributed by atoms with Crippen LogP contribution in [0, 0.1) is 6.92 Å². The number of carbonyl (C=O) groups is 1. The van der Waals surface area contributed by atoms with E-state index in [4.69, 9.17) is 16.7 Å². The number of nitrogens with zero attached hydrogens (tertiary/aromatic N) is 1. The number of urea groups is 1. The van der Waals surface area contributed by atoms with E-state index in [0.717, 1.165) is 18.4 Å². The fraction of sp³-hybridized carbons (Fsp3) is 0.500. The summed E-state index contributed by atoms with van der Waals surface area (Å²) in [6.45, 7) is 4.87. The van der Waals surface area contributed by atoms with Crippen molar-refractivity contribution in [1.82, 2.24) is 4.90 Å². The SMILES string of the molecule is CCCCN(CCO)C(=O)Nc1cccc(C)c1Cl. The second-order valence-electron chi connectivity index (χ2n) is 4.43. The fourth-order valence-corrected chi connectivity index (χ4v) is 1.90. The van der Waals surface area contributed by atoms with Crippen LogP contribution >= 0.6 is 11.6 Å². The number of hydrogen-bond acceptors (Lipinski definition) is 2. The summed E-state index contributed by atoms with van der Waals surface area (Å²) < 4.78 is 0. The quantitative estimate of drug-likeness (QED) is 0.842. The minimum atomic E-state index is -0.227. The van der Waals surface area contributed by atoms with E-state index in [0.29, 0.717) is 23.8 Å². The van der Waals surface area contributed by atoms with Crippen molar-refractivity contribution in [2.24, 2.45) is 0 Å².